The Morgan fingerprint density at radius 3 is 1.73 bits per heavy atom. The second-order valence-corrected chi connectivity index (χ2v) is 10.0. The second-order valence-electron chi connectivity index (χ2n) is 7.23. The van der Waals surface area contributed by atoms with Gasteiger partial charge in [-0.15, -0.1) is 0 Å². The molecule has 0 aliphatic heterocycles. The molecule has 0 atom stereocenters. The third-order valence-electron chi connectivity index (χ3n) is 4.89. The molecular weight excluding hydrogens is 479 g/mol. The monoisotopic (exact) mass is 498 g/mol. The molecule has 0 N–H and O–H groups in total. The Bertz CT molecular complexity index is 1320. The normalized spacial score (nSPS) is 11.2. The van der Waals surface area contributed by atoms with E-state index in [1.54, 1.807) is 66.7 Å². The van der Waals surface area contributed by atoms with Crippen LogP contribution in [-0.4, -0.2) is 8.42 Å². The Labute approximate surface area is 203 Å². The molecule has 7 heteroatoms. The minimum absolute atomic E-state index is 0.0382. The zero-order chi connectivity index (χ0) is 23.3. The number of ether oxygens (including phenoxy) is 2. The average Bonchev–Trinajstić information content (AvgIpc) is 2.84. The van der Waals surface area contributed by atoms with Gasteiger partial charge >= 0.3 is 0 Å². The van der Waals surface area contributed by atoms with Gasteiger partial charge in [0.1, 0.15) is 18.1 Å². The van der Waals surface area contributed by atoms with Crippen molar-refractivity contribution in [1.82, 2.24) is 0 Å². The Kier molecular flexibility index (Phi) is 7.23. The quantitative estimate of drug-likeness (QED) is 0.262. The predicted molar refractivity (Wildman–Crippen MR) is 130 cm³/mol. The van der Waals surface area contributed by atoms with Crippen molar-refractivity contribution in [2.45, 2.75) is 23.0 Å². The van der Waals surface area contributed by atoms with E-state index in [-0.39, 0.29) is 28.8 Å². The highest BCUT2D eigenvalue weighted by Gasteiger charge is 2.25. The summed E-state index contributed by atoms with van der Waals surface area (Å²) in [5.41, 5.74) is 1.73. The van der Waals surface area contributed by atoms with E-state index >= 15 is 0 Å². The van der Waals surface area contributed by atoms with Crippen LogP contribution in [0.15, 0.2) is 107 Å². The van der Waals surface area contributed by atoms with Crippen LogP contribution in [0.3, 0.4) is 0 Å². The highest BCUT2D eigenvalue weighted by molar-refractivity contribution is 7.91. The van der Waals surface area contributed by atoms with Gasteiger partial charge in [-0.2, -0.15) is 0 Å². The average molecular weight is 499 g/mol. The van der Waals surface area contributed by atoms with Crippen molar-refractivity contribution >= 4 is 33.0 Å². The molecule has 4 rings (SSSR count). The molecule has 0 saturated carbocycles. The van der Waals surface area contributed by atoms with Crippen molar-refractivity contribution in [2.75, 3.05) is 0 Å². The van der Waals surface area contributed by atoms with Gasteiger partial charge in [-0.1, -0.05) is 71.7 Å². The van der Waals surface area contributed by atoms with Gasteiger partial charge < -0.3 is 9.47 Å². The maximum Gasteiger partial charge on any atom is 0.210 e. The summed E-state index contributed by atoms with van der Waals surface area (Å²) in [4.78, 5) is 0.215. The smallest absolute Gasteiger partial charge is 0.210 e. The topological polar surface area (TPSA) is 52.6 Å². The molecule has 0 spiro atoms. The minimum Gasteiger partial charge on any atom is -0.485 e. The first-order valence-electron chi connectivity index (χ1n) is 10.1. The van der Waals surface area contributed by atoms with E-state index in [0.29, 0.717) is 15.8 Å². The molecule has 168 valence electrons. The van der Waals surface area contributed by atoms with Crippen LogP contribution < -0.4 is 9.47 Å². The van der Waals surface area contributed by atoms with Gasteiger partial charge in [-0.3, -0.25) is 0 Å². The first-order valence-corrected chi connectivity index (χ1v) is 12.3. The van der Waals surface area contributed by atoms with Crippen molar-refractivity contribution in [3.05, 3.63) is 118 Å². The number of sulfone groups is 1. The van der Waals surface area contributed by atoms with E-state index in [9.17, 15) is 8.42 Å². The summed E-state index contributed by atoms with van der Waals surface area (Å²) in [6, 6.07) is 27.5. The fourth-order valence-corrected chi connectivity index (χ4v) is 4.85. The van der Waals surface area contributed by atoms with Crippen LogP contribution >= 0.6 is 23.2 Å². The molecule has 0 unspecified atom stereocenters. The molecule has 0 radical (unpaired) electrons. The van der Waals surface area contributed by atoms with Gasteiger partial charge in [0.15, 0.2) is 11.5 Å². The highest BCUT2D eigenvalue weighted by atomic mass is 35.5. The van der Waals surface area contributed by atoms with Gasteiger partial charge in [0, 0.05) is 10.0 Å². The molecule has 0 saturated heterocycles. The Morgan fingerprint density at radius 2 is 1.15 bits per heavy atom. The Balaban J connectivity index is 1.69. The molecule has 0 heterocycles. The van der Waals surface area contributed by atoms with E-state index in [2.05, 4.69) is 0 Å². The molecule has 0 aromatic heterocycles. The molecule has 4 nitrogen and oxygen atoms in total. The van der Waals surface area contributed by atoms with E-state index in [1.807, 2.05) is 24.3 Å². The number of hydrogen-bond acceptors (Lipinski definition) is 4. The first kappa shape index (κ1) is 23.2. The Hall–Kier alpha value is -2.99. The molecule has 0 amide bonds. The van der Waals surface area contributed by atoms with Crippen LogP contribution in [-0.2, 0) is 23.1 Å². The number of rotatable bonds is 8. The van der Waals surface area contributed by atoms with Crippen LogP contribution in [0.1, 0.15) is 11.1 Å². The van der Waals surface area contributed by atoms with Crippen molar-refractivity contribution in [3.63, 3.8) is 0 Å². The molecule has 4 aromatic rings. The summed E-state index contributed by atoms with van der Waals surface area (Å²) < 4.78 is 38.8. The van der Waals surface area contributed by atoms with Crippen LogP contribution in [0.25, 0.3) is 0 Å². The lowest BCUT2D eigenvalue weighted by Crippen LogP contribution is -2.08. The predicted octanol–water partition coefficient (Wildman–Crippen LogP) is 6.98. The van der Waals surface area contributed by atoms with Crippen molar-refractivity contribution in [1.29, 1.82) is 0 Å². The van der Waals surface area contributed by atoms with Crippen LogP contribution in [0, 0.1) is 0 Å². The third-order valence-corrected chi connectivity index (χ3v) is 7.19. The molecule has 0 aliphatic rings. The summed E-state index contributed by atoms with van der Waals surface area (Å²) in [6.45, 7) is 0.374. The van der Waals surface area contributed by atoms with Crippen LogP contribution in [0.5, 0.6) is 11.5 Å². The largest absolute Gasteiger partial charge is 0.485 e. The van der Waals surface area contributed by atoms with E-state index in [0.717, 1.165) is 11.1 Å². The van der Waals surface area contributed by atoms with E-state index in [1.165, 1.54) is 6.07 Å². The van der Waals surface area contributed by atoms with Gasteiger partial charge in [-0.05, 0) is 59.7 Å². The lowest BCUT2D eigenvalue weighted by molar-refractivity contribution is 0.250. The van der Waals surface area contributed by atoms with Crippen molar-refractivity contribution in [3.8, 4) is 11.5 Å². The molecule has 4 aromatic carbocycles. The fraction of sp³-hybridized carbons (Fsp3) is 0.0769. The molecule has 0 bridgehead atoms. The maximum absolute atomic E-state index is 13.4. The number of halogens is 2. The Morgan fingerprint density at radius 1 is 0.606 bits per heavy atom. The first-order chi connectivity index (χ1) is 15.9. The molecule has 33 heavy (non-hydrogen) atoms. The van der Waals surface area contributed by atoms with E-state index < -0.39 is 9.84 Å². The summed E-state index contributed by atoms with van der Waals surface area (Å²) >= 11 is 11.9. The standard InChI is InChI=1S/C26H20Cl2O4S/c27-21-13-9-19(10-14-21)17-31-24-7-4-8-25(33(29,30)23-5-2-1-3-6-23)26(24)32-18-20-11-15-22(28)16-12-20/h1-16H,17-18H2. The summed E-state index contributed by atoms with van der Waals surface area (Å²) in [6.07, 6.45) is 0. The van der Waals surface area contributed by atoms with Crippen LogP contribution in [0.2, 0.25) is 10.0 Å². The zero-order valence-electron chi connectivity index (χ0n) is 17.4. The zero-order valence-corrected chi connectivity index (χ0v) is 19.8. The maximum atomic E-state index is 13.4. The second kappa shape index (κ2) is 10.3. The van der Waals surface area contributed by atoms with Gasteiger partial charge in [0.2, 0.25) is 9.84 Å². The van der Waals surface area contributed by atoms with Crippen LogP contribution in [0.4, 0.5) is 0 Å². The molecule has 0 aliphatic carbocycles. The SMILES string of the molecule is O=S(=O)(c1ccccc1)c1cccc(OCc2ccc(Cl)cc2)c1OCc1ccc(Cl)cc1. The summed E-state index contributed by atoms with van der Waals surface area (Å²) in [7, 11) is -3.84. The number of benzene rings is 4. The van der Waals surface area contributed by atoms with Gasteiger partial charge in [-0.25, -0.2) is 8.42 Å². The number of para-hydroxylation sites is 1. The number of hydrogen-bond donors (Lipinski definition) is 0. The van der Waals surface area contributed by atoms with Gasteiger partial charge in [0.25, 0.3) is 0 Å². The summed E-state index contributed by atoms with van der Waals surface area (Å²) in [5.74, 6) is 0.487. The van der Waals surface area contributed by atoms with E-state index in [4.69, 9.17) is 32.7 Å². The fourth-order valence-electron chi connectivity index (χ4n) is 3.17. The third kappa shape index (κ3) is 5.69. The lowest BCUT2D eigenvalue weighted by Gasteiger charge is -2.17. The van der Waals surface area contributed by atoms with Crippen molar-refractivity contribution in [2.24, 2.45) is 0 Å². The summed E-state index contributed by atoms with van der Waals surface area (Å²) in [5, 5.41) is 1.24. The van der Waals surface area contributed by atoms with Crippen molar-refractivity contribution < 1.29 is 17.9 Å². The molecular formula is C26H20Cl2O4S. The van der Waals surface area contributed by atoms with Gasteiger partial charge in [0.05, 0.1) is 4.90 Å². The highest BCUT2D eigenvalue weighted by Crippen LogP contribution is 2.38. The molecule has 0 fully saturated rings. The minimum atomic E-state index is -3.84. The lowest BCUT2D eigenvalue weighted by atomic mass is 10.2.